The van der Waals surface area contributed by atoms with Gasteiger partial charge in [-0.05, 0) is 43.1 Å². The Kier molecular flexibility index (Phi) is 4.17. The fourth-order valence-corrected chi connectivity index (χ4v) is 3.23. The highest BCUT2D eigenvalue weighted by Gasteiger charge is 2.14. The summed E-state index contributed by atoms with van der Waals surface area (Å²) in [6.45, 7) is 2.20. The van der Waals surface area contributed by atoms with Gasteiger partial charge in [0.1, 0.15) is 0 Å². The molecule has 14 heavy (non-hydrogen) atoms. The molecule has 0 bridgehead atoms. The maximum absolute atomic E-state index is 4.51. The quantitative estimate of drug-likeness (QED) is 0.759. The summed E-state index contributed by atoms with van der Waals surface area (Å²) in [5.41, 5.74) is 0. The Morgan fingerprint density at radius 2 is 2.36 bits per heavy atom. The van der Waals surface area contributed by atoms with E-state index < -0.39 is 0 Å². The predicted octanol–water partition coefficient (Wildman–Crippen LogP) is 2.30. The second-order valence-electron chi connectivity index (χ2n) is 4.25. The van der Waals surface area contributed by atoms with E-state index in [2.05, 4.69) is 22.1 Å². The fourth-order valence-electron chi connectivity index (χ4n) is 2.07. The zero-order chi connectivity index (χ0) is 9.64. The third-order valence-corrected chi connectivity index (χ3v) is 4.26. The Hall–Kier alpha value is -0.180. The molecule has 0 aliphatic carbocycles. The van der Waals surface area contributed by atoms with Crippen LogP contribution in [0.1, 0.15) is 32.1 Å². The molecule has 2 aliphatic rings. The van der Waals surface area contributed by atoms with Crippen molar-refractivity contribution in [2.24, 2.45) is 10.9 Å². The normalized spacial score (nSPS) is 28.3. The highest BCUT2D eigenvalue weighted by atomic mass is 32.2. The molecule has 1 fully saturated rings. The van der Waals surface area contributed by atoms with Crippen LogP contribution in [0, 0.1) is 5.92 Å². The molecule has 0 radical (unpaired) electrons. The zero-order valence-electron chi connectivity index (χ0n) is 8.80. The van der Waals surface area contributed by atoms with Gasteiger partial charge in [0.2, 0.25) is 0 Å². The van der Waals surface area contributed by atoms with Gasteiger partial charge >= 0.3 is 0 Å². The molecule has 0 saturated carbocycles. The summed E-state index contributed by atoms with van der Waals surface area (Å²) >= 11 is 2.11. The summed E-state index contributed by atoms with van der Waals surface area (Å²) < 4.78 is 0. The van der Waals surface area contributed by atoms with Crippen LogP contribution in [-0.4, -0.2) is 30.4 Å². The second kappa shape index (κ2) is 5.64. The molecule has 1 N–H and O–H groups in total. The molecule has 3 heteroatoms. The van der Waals surface area contributed by atoms with E-state index in [1.165, 1.54) is 49.4 Å². The van der Waals surface area contributed by atoms with E-state index in [1.807, 2.05) is 0 Å². The Morgan fingerprint density at radius 3 is 3.07 bits per heavy atom. The molecule has 0 aromatic heterocycles. The van der Waals surface area contributed by atoms with Gasteiger partial charge in [-0.25, -0.2) is 0 Å². The van der Waals surface area contributed by atoms with Crippen LogP contribution in [0.4, 0.5) is 0 Å². The summed E-state index contributed by atoms with van der Waals surface area (Å²) in [6, 6.07) is 0. The van der Waals surface area contributed by atoms with E-state index in [4.69, 9.17) is 0 Å². The minimum atomic E-state index is 0.887. The molecule has 2 rings (SSSR count). The van der Waals surface area contributed by atoms with Crippen molar-refractivity contribution in [3.63, 3.8) is 0 Å². The van der Waals surface area contributed by atoms with Crippen molar-refractivity contribution in [1.29, 1.82) is 0 Å². The molecule has 0 amide bonds. The minimum Gasteiger partial charge on any atom is -0.374 e. The molecule has 2 heterocycles. The topological polar surface area (TPSA) is 24.4 Å². The summed E-state index contributed by atoms with van der Waals surface area (Å²) in [4.78, 5) is 4.51. The zero-order valence-corrected chi connectivity index (χ0v) is 9.61. The van der Waals surface area contributed by atoms with E-state index in [9.17, 15) is 0 Å². The van der Waals surface area contributed by atoms with Crippen LogP contribution >= 0.6 is 11.8 Å². The van der Waals surface area contributed by atoms with Gasteiger partial charge in [-0.15, -0.1) is 0 Å². The monoisotopic (exact) mass is 212 g/mol. The number of aliphatic imine (C=N–C) groups is 1. The standard InChI is InChI=1S/C11H20N2S/c1-2-6-12-11(5-1)13-8-10-4-3-7-14-9-10/h10H,1-9H2,(H,12,13). The smallest absolute Gasteiger partial charge is 0.0963 e. The summed E-state index contributed by atoms with van der Waals surface area (Å²) in [7, 11) is 0. The Balaban J connectivity index is 1.67. The average molecular weight is 212 g/mol. The number of rotatable bonds is 2. The number of hydrogen-bond acceptors (Lipinski definition) is 3. The highest BCUT2D eigenvalue weighted by Crippen LogP contribution is 2.21. The van der Waals surface area contributed by atoms with Gasteiger partial charge in [0.15, 0.2) is 0 Å². The average Bonchev–Trinajstić information content (AvgIpc) is 2.29. The molecule has 1 saturated heterocycles. The van der Waals surface area contributed by atoms with Gasteiger partial charge in [0.05, 0.1) is 5.84 Å². The first-order valence-electron chi connectivity index (χ1n) is 5.80. The van der Waals surface area contributed by atoms with Crippen molar-refractivity contribution in [1.82, 2.24) is 5.32 Å². The third-order valence-electron chi connectivity index (χ3n) is 2.97. The predicted molar refractivity (Wildman–Crippen MR) is 64.2 cm³/mol. The Morgan fingerprint density at radius 1 is 1.36 bits per heavy atom. The van der Waals surface area contributed by atoms with E-state index in [0.29, 0.717) is 0 Å². The van der Waals surface area contributed by atoms with Gasteiger partial charge in [0, 0.05) is 19.5 Å². The van der Waals surface area contributed by atoms with Crippen LogP contribution in [0.15, 0.2) is 4.99 Å². The Labute approximate surface area is 90.9 Å². The number of hydrogen-bond donors (Lipinski definition) is 1. The lowest BCUT2D eigenvalue weighted by Gasteiger charge is -2.23. The second-order valence-corrected chi connectivity index (χ2v) is 5.40. The lowest BCUT2D eigenvalue weighted by Crippen LogP contribution is -2.32. The van der Waals surface area contributed by atoms with E-state index in [-0.39, 0.29) is 0 Å². The summed E-state index contributed by atoms with van der Waals surface area (Å²) in [5, 5.41) is 3.53. The largest absolute Gasteiger partial charge is 0.374 e. The molecule has 1 atom stereocenters. The van der Waals surface area contributed by atoms with Gasteiger partial charge < -0.3 is 5.32 Å². The van der Waals surface area contributed by atoms with Gasteiger partial charge in [0.25, 0.3) is 0 Å². The molecular weight excluding hydrogens is 192 g/mol. The van der Waals surface area contributed by atoms with E-state index in [0.717, 1.165) is 19.0 Å². The first kappa shape index (κ1) is 10.3. The minimum absolute atomic E-state index is 0.887. The molecule has 0 aromatic rings. The Bertz CT molecular complexity index is 197. The summed E-state index contributed by atoms with van der Waals surface area (Å²) in [5.74, 6) is 4.88. The van der Waals surface area contributed by atoms with Crippen LogP contribution in [0.25, 0.3) is 0 Å². The van der Waals surface area contributed by atoms with Crippen molar-refractivity contribution < 1.29 is 0 Å². The number of thioether (sulfide) groups is 1. The molecule has 2 nitrogen and oxygen atoms in total. The molecule has 0 spiro atoms. The van der Waals surface area contributed by atoms with Gasteiger partial charge in [-0.2, -0.15) is 11.8 Å². The maximum atomic E-state index is 4.51. The maximum Gasteiger partial charge on any atom is 0.0963 e. The molecular formula is C11H20N2S. The van der Waals surface area contributed by atoms with Crippen molar-refractivity contribution in [3.8, 4) is 0 Å². The molecule has 1 unspecified atom stereocenters. The van der Waals surface area contributed by atoms with Crippen molar-refractivity contribution in [2.75, 3.05) is 24.6 Å². The van der Waals surface area contributed by atoms with Crippen LogP contribution < -0.4 is 5.32 Å². The number of amidine groups is 1. The van der Waals surface area contributed by atoms with E-state index in [1.54, 1.807) is 0 Å². The molecule has 0 aromatic carbocycles. The van der Waals surface area contributed by atoms with Crippen LogP contribution in [-0.2, 0) is 0 Å². The molecule has 80 valence electrons. The van der Waals surface area contributed by atoms with Crippen LogP contribution in [0.2, 0.25) is 0 Å². The van der Waals surface area contributed by atoms with Crippen molar-refractivity contribution in [2.45, 2.75) is 32.1 Å². The summed E-state index contributed by atoms with van der Waals surface area (Å²) in [6.07, 6.45) is 6.60. The number of nitrogens with one attached hydrogen (secondary N) is 1. The van der Waals surface area contributed by atoms with Gasteiger partial charge in [-0.3, -0.25) is 4.99 Å². The third kappa shape index (κ3) is 3.19. The van der Waals surface area contributed by atoms with E-state index >= 15 is 0 Å². The van der Waals surface area contributed by atoms with Crippen molar-refractivity contribution >= 4 is 17.6 Å². The van der Waals surface area contributed by atoms with Crippen LogP contribution in [0.3, 0.4) is 0 Å². The van der Waals surface area contributed by atoms with Crippen LogP contribution in [0.5, 0.6) is 0 Å². The highest BCUT2D eigenvalue weighted by molar-refractivity contribution is 7.99. The lowest BCUT2D eigenvalue weighted by atomic mass is 10.1. The van der Waals surface area contributed by atoms with Crippen molar-refractivity contribution in [3.05, 3.63) is 0 Å². The number of nitrogens with zero attached hydrogens (tertiary/aromatic N) is 1. The SMILES string of the molecule is C1CCC(NCC2CCCSC2)=NC1. The fraction of sp³-hybridized carbons (Fsp3) is 0.909. The lowest BCUT2D eigenvalue weighted by molar-refractivity contribution is 0.509. The van der Waals surface area contributed by atoms with Gasteiger partial charge in [-0.1, -0.05) is 0 Å². The first-order valence-corrected chi connectivity index (χ1v) is 6.95. The first-order chi connectivity index (χ1) is 6.95. The molecule has 2 aliphatic heterocycles.